The summed E-state index contributed by atoms with van der Waals surface area (Å²) in [6.45, 7) is 64.9. The van der Waals surface area contributed by atoms with Crippen LogP contribution < -0.4 is 0 Å². The van der Waals surface area contributed by atoms with Crippen LogP contribution >= 0.6 is 0 Å². The summed E-state index contributed by atoms with van der Waals surface area (Å²) in [5, 5.41) is 0. The van der Waals surface area contributed by atoms with Crippen LogP contribution in [0.1, 0.15) is 669 Å². The zero-order valence-corrected chi connectivity index (χ0v) is 94.2. The molecule has 0 atom stereocenters. The van der Waals surface area contributed by atoms with Gasteiger partial charge in [-0.2, -0.15) is 0 Å². The summed E-state index contributed by atoms with van der Waals surface area (Å²) in [4.78, 5) is 0. The molecular weight excluding hydrogens is 1530 g/mol. The molecule has 0 aromatic heterocycles. The molecule has 0 spiro atoms. The molecule has 127 heavy (non-hydrogen) atoms. The number of rotatable bonds is 76. The van der Waals surface area contributed by atoms with E-state index in [-0.39, 0.29) is 0 Å². The molecule has 0 aromatic carbocycles. The van der Waals surface area contributed by atoms with E-state index in [1.54, 1.807) is 0 Å². The fraction of sp³-hybridized carbons (Fsp3) is 0.858. The lowest BCUT2D eigenvalue weighted by molar-refractivity contribution is 0.356. The van der Waals surface area contributed by atoms with Crippen LogP contribution in [0.25, 0.3) is 0 Å². The molecule has 0 saturated carbocycles. The molecule has 0 fully saturated rings. The van der Waals surface area contributed by atoms with Crippen LogP contribution in [-0.4, -0.2) is 0 Å². The van der Waals surface area contributed by atoms with Gasteiger partial charge < -0.3 is 0 Å². The van der Waals surface area contributed by atoms with Crippen molar-refractivity contribution in [1.29, 1.82) is 0 Å². The highest BCUT2D eigenvalue weighted by Crippen LogP contribution is 2.29. The molecule has 0 saturated heterocycles. The molecule has 0 heteroatoms. The van der Waals surface area contributed by atoms with Gasteiger partial charge in [-0.25, -0.2) is 0 Å². The van der Waals surface area contributed by atoms with Crippen molar-refractivity contribution in [3.63, 3.8) is 0 Å². The van der Waals surface area contributed by atoms with E-state index in [9.17, 15) is 0 Å². The Hall–Kier alpha value is -2.34. The highest BCUT2D eigenvalue weighted by Gasteiger charge is 2.14. The summed E-state index contributed by atoms with van der Waals surface area (Å²) in [5.74, 6) is 0. The SMILES string of the molecule is CC/C=C\C/C=C\C/C=C\CCCCCCCC(C)(C)C.CCCC/C=C/C=C/C=C\CCCCCCCC(C)(C)C.CCCCC/C=C\C/C=C\CCCCCCCC(C)(C)C.CCCCCC(C)(C)C.CCCCCCCC/C=C\CCCCCCCC(C)(C)C.CCCCCCCCCCCC(C)(C)C.CCCCCCCCCCCCCCCC(C)(C)C. The first-order valence-electron chi connectivity index (χ1n) is 57.3. The third-order valence-corrected chi connectivity index (χ3v) is 23.9. The van der Waals surface area contributed by atoms with E-state index in [1.165, 1.54) is 449 Å². The predicted molar refractivity (Wildman–Crippen MR) is 600 cm³/mol. The second kappa shape index (κ2) is 107. The van der Waals surface area contributed by atoms with E-state index in [1.807, 2.05) is 0 Å². The Bertz CT molecular complexity index is 2260. The quantitative estimate of drug-likeness (QED) is 0.0323. The average molecular weight is 1780 g/mol. The zero-order valence-electron chi connectivity index (χ0n) is 94.2. The molecule has 758 valence electrons. The summed E-state index contributed by atoms with van der Waals surface area (Å²) in [7, 11) is 0. The van der Waals surface area contributed by atoms with Gasteiger partial charge in [-0.3, -0.25) is 0 Å². The van der Waals surface area contributed by atoms with Crippen molar-refractivity contribution in [3.05, 3.63) is 109 Å². The maximum Gasteiger partial charge on any atom is -0.0169 e. The second-order valence-corrected chi connectivity index (χ2v) is 47.6. The van der Waals surface area contributed by atoms with Crippen molar-refractivity contribution < 1.29 is 0 Å². The molecule has 0 aliphatic heterocycles. The average Bonchev–Trinajstić information content (AvgIpc) is 0.982. The van der Waals surface area contributed by atoms with Crippen LogP contribution in [0.4, 0.5) is 0 Å². The Morgan fingerprint density at radius 3 is 0.457 bits per heavy atom. The minimum absolute atomic E-state index is 0.514. The third kappa shape index (κ3) is 170. The first kappa shape index (κ1) is 138. The number of hydrogen-bond donors (Lipinski definition) is 0. The van der Waals surface area contributed by atoms with Gasteiger partial charge in [-0.05, 0) is 192 Å². The van der Waals surface area contributed by atoms with Gasteiger partial charge in [-0.15, -0.1) is 0 Å². The zero-order chi connectivity index (χ0) is 96.6. The van der Waals surface area contributed by atoms with E-state index in [4.69, 9.17) is 0 Å². The Morgan fingerprint density at radius 1 is 0.118 bits per heavy atom. The molecule has 0 rings (SSSR count). The smallest absolute Gasteiger partial charge is 0.0169 e. The maximum absolute atomic E-state index is 2.42. The van der Waals surface area contributed by atoms with Crippen molar-refractivity contribution in [3.8, 4) is 0 Å². The van der Waals surface area contributed by atoms with Gasteiger partial charge >= 0.3 is 0 Å². The Kier molecular flexibility index (Phi) is 116. The summed E-state index contributed by atoms with van der Waals surface area (Å²) in [6.07, 6.45) is 143. The van der Waals surface area contributed by atoms with Crippen LogP contribution in [0.3, 0.4) is 0 Å². The minimum atomic E-state index is 0.514. The number of allylic oxidation sites excluding steroid dienone is 18. The summed E-state index contributed by atoms with van der Waals surface area (Å²) < 4.78 is 0. The van der Waals surface area contributed by atoms with Crippen molar-refractivity contribution in [2.45, 2.75) is 669 Å². The number of unbranched alkanes of at least 4 members (excludes halogenated alkanes) is 53. The first-order chi connectivity index (χ1) is 60.4. The molecule has 0 nitrogen and oxygen atoms in total. The van der Waals surface area contributed by atoms with Crippen molar-refractivity contribution in [2.75, 3.05) is 0 Å². The highest BCUT2D eigenvalue weighted by atomic mass is 14.2. The van der Waals surface area contributed by atoms with Crippen LogP contribution in [0, 0.1) is 37.9 Å². The van der Waals surface area contributed by atoms with Crippen LogP contribution in [-0.2, 0) is 0 Å². The molecule has 0 aromatic rings. The Morgan fingerprint density at radius 2 is 0.252 bits per heavy atom. The normalized spacial score (nSPS) is 12.6. The molecule has 0 radical (unpaired) electrons. The van der Waals surface area contributed by atoms with Gasteiger partial charge in [0.1, 0.15) is 0 Å². The van der Waals surface area contributed by atoms with E-state index >= 15 is 0 Å². The molecular formula is C127H250. The molecule has 0 bridgehead atoms. The lowest BCUT2D eigenvalue weighted by atomic mass is 9.89. The molecule has 0 aliphatic carbocycles. The van der Waals surface area contributed by atoms with Gasteiger partial charge in [0.05, 0.1) is 0 Å². The Labute approximate surface area is 811 Å². The summed E-state index contributed by atoms with van der Waals surface area (Å²) in [5.41, 5.74) is 3.71. The molecule has 0 aliphatic rings. The van der Waals surface area contributed by atoms with Gasteiger partial charge in [0, 0.05) is 0 Å². The molecule has 0 heterocycles. The van der Waals surface area contributed by atoms with Crippen LogP contribution in [0.5, 0.6) is 0 Å². The van der Waals surface area contributed by atoms with Gasteiger partial charge in [-0.1, -0.05) is 624 Å². The van der Waals surface area contributed by atoms with Gasteiger partial charge in [0.25, 0.3) is 0 Å². The fourth-order valence-electron chi connectivity index (χ4n) is 15.3. The first-order valence-corrected chi connectivity index (χ1v) is 57.3. The largest absolute Gasteiger partial charge is 0.0885 e. The van der Waals surface area contributed by atoms with E-state index in [0.717, 1.165) is 25.7 Å². The minimum Gasteiger partial charge on any atom is -0.0885 e. The lowest BCUT2D eigenvalue weighted by Crippen LogP contribution is -2.03. The van der Waals surface area contributed by atoms with Gasteiger partial charge in [0.2, 0.25) is 0 Å². The van der Waals surface area contributed by atoms with E-state index in [2.05, 4.69) is 303 Å². The molecule has 0 amide bonds. The molecule has 0 unspecified atom stereocenters. The number of hydrogen-bond acceptors (Lipinski definition) is 0. The van der Waals surface area contributed by atoms with E-state index in [0.29, 0.717) is 37.9 Å². The lowest BCUT2D eigenvalue weighted by Gasteiger charge is -2.17. The fourth-order valence-corrected chi connectivity index (χ4v) is 15.3. The summed E-state index contributed by atoms with van der Waals surface area (Å²) in [6, 6.07) is 0. The molecule has 0 N–H and O–H groups in total. The van der Waals surface area contributed by atoms with Crippen molar-refractivity contribution >= 4 is 0 Å². The standard InChI is InChI=1S/C21H42.C21H40.2C21H38.C19H40.C15H32.C9H20/c4*1-5-6-7-8-9-10-11-12-13-14-15-16-17-18-19-20-21(2,3)4;1-5-6-7-8-9-10-11-12-13-14-15-16-17-18-19(2,3)4;1-5-6-7-8-9-10-11-12-13-14-15(2,3)4;1-5-6-7-8-9(2,3)4/h12-13H,5-11,14-20H2,1-4H3;9-10,12-13H,5-8,11,14-20H2,1-4H3;8-13H,5-7,14-20H2,1-4H3;6-7,9-10,12-13H,5,8,11,14-20H2,1-4H3;5-18H2,1-4H3;5-14H2,1-4H3;5-8H2,1-4H3/b13-12-;10-9-,13-12-;9-8+,11-10+,13-12-;7-6-,10-9-,13-12-;;;. The summed E-state index contributed by atoms with van der Waals surface area (Å²) >= 11 is 0. The highest BCUT2D eigenvalue weighted by molar-refractivity contribution is 5.11. The monoisotopic (exact) mass is 1780 g/mol. The maximum atomic E-state index is 2.42. The van der Waals surface area contributed by atoms with Crippen LogP contribution in [0.2, 0.25) is 0 Å². The predicted octanol–water partition coefficient (Wildman–Crippen LogP) is 48.2. The van der Waals surface area contributed by atoms with Gasteiger partial charge in [0.15, 0.2) is 0 Å². The van der Waals surface area contributed by atoms with Crippen molar-refractivity contribution in [2.24, 2.45) is 37.9 Å². The van der Waals surface area contributed by atoms with Crippen LogP contribution in [0.15, 0.2) is 109 Å². The topological polar surface area (TPSA) is 0 Å². The Balaban J connectivity index is -0.000000267. The second-order valence-electron chi connectivity index (χ2n) is 47.6. The van der Waals surface area contributed by atoms with E-state index < -0.39 is 0 Å². The third-order valence-electron chi connectivity index (χ3n) is 23.9. The van der Waals surface area contributed by atoms with Crippen molar-refractivity contribution in [1.82, 2.24) is 0 Å².